The Morgan fingerprint density at radius 3 is 1.62 bits per heavy atom. The van der Waals surface area contributed by atoms with Crippen molar-refractivity contribution in [2.24, 2.45) is 5.92 Å². The van der Waals surface area contributed by atoms with Crippen LogP contribution in [0.4, 0.5) is 0 Å². The van der Waals surface area contributed by atoms with Gasteiger partial charge in [0, 0.05) is 40.1 Å². The molecule has 2 heterocycles. The van der Waals surface area contributed by atoms with Gasteiger partial charge in [-0.05, 0) is 170 Å². The van der Waals surface area contributed by atoms with Gasteiger partial charge in [-0.15, -0.1) is 0 Å². The highest BCUT2D eigenvalue weighted by Gasteiger charge is 2.40. The number of rotatable bonds is 10. The molecule has 0 amide bonds. The Morgan fingerprint density at radius 1 is 0.534 bits per heavy atom. The van der Waals surface area contributed by atoms with Crippen molar-refractivity contribution in [2.75, 3.05) is 0 Å². The van der Waals surface area contributed by atoms with Crippen molar-refractivity contribution in [2.45, 2.75) is 134 Å². The lowest BCUT2D eigenvalue weighted by Crippen LogP contribution is -2.29. The molecule has 0 N–H and O–H groups in total. The van der Waals surface area contributed by atoms with Gasteiger partial charge < -0.3 is 0 Å². The van der Waals surface area contributed by atoms with E-state index in [1.807, 2.05) is 0 Å². The zero-order valence-electron chi connectivity index (χ0n) is 35.5. The SMILES string of the molecule is CCCC1CC2CCC1c1ccc(-c3ccc(-c4cccc(-c5ccc(-c6ccc7c(c6)C6CCC7CC6)nc5)c4C(CC)(CC)c4cc(C)cc(C)c4)cn3)cc12. The number of hydrogen-bond acceptors (Lipinski definition) is 2. The Morgan fingerprint density at radius 2 is 1.07 bits per heavy atom. The monoisotopic (exact) mass is 760 g/mol. The number of aryl methyl sites for hydroxylation is 2. The van der Waals surface area contributed by atoms with Crippen molar-refractivity contribution >= 4 is 0 Å². The van der Waals surface area contributed by atoms with E-state index in [0.717, 1.165) is 47.9 Å². The average molecular weight is 761 g/mol. The maximum atomic E-state index is 5.24. The van der Waals surface area contributed by atoms with Gasteiger partial charge >= 0.3 is 0 Å². The standard InChI is InChI=1S/C56H60N2/c1-6-10-39-30-40-17-22-47(39)50-24-19-42(32-52(40)50)54-26-21-44(34-58-54)49-12-9-11-48(55(49)56(7-2,8-3)45-28-35(4)27-36(5)29-45)43-20-25-53(57-33-43)41-18-23-46-37-13-15-38(16-14-37)51(46)31-41/h9,11-12,18-21,23-29,31-34,37-40,47H,6-8,10,13-17,22,30H2,1-5H3. The van der Waals surface area contributed by atoms with E-state index in [1.165, 1.54) is 113 Å². The van der Waals surface area contributed by atoms with Gasteiger partial charge in [-0.25, -0.2) is 0 Å². The third-order valence-corrected chi connectivity index (χ3v) is 15.5. The zero-order chi connectivity index (χ0) is 39.5. The van der Waals surface area contributed by atoms with Gasteiger partial charge in [-0.2, -0.15) is 0 Å². The quantitative estimate of drug-likeness (QED) is 0.139. The molecule has 6 aromatic rings. The Labute approximate surface area is 347 Å². The van der Waals surface area contributed by atoms with Crippen LogP contribution in [0.25, 0.3) is 44.8 Å². The van der Waals surface area contributed by atoms with Crippen LogP contribution in [-0.4, -0.2) is 9.97 Å². The molecule has 294 valence electrons. The fourth-order valence-corrected chi connectivity index (χ4v) is 12.6. The van der Waals surface area contributed by atoms with Gasteiger partial charge in [0.05, 0.1) is 11.4 Å². The Bertz CT molecular complexity index is 2440. The fourth-order valence-electron chi connectivity index (χ4n) is 12.6. The Hall–Kier alpha value is -4.82. The van der Waals surface area contributed by atoms with Crippen molar-refractivity contribution in [3.63, 3.8) is 0 Å². The molecule has 2 heteroatoms. The molecular weight excluding hydrogens is 701 g/mol. The van der Waals surface area contributed by atoms with Gasteiger partial charge in [0.15, 0.2) is 0 Å². The van der Waals surface area contributed by atoms with Crippen LogP contribution in [0.2, 0.25) is 0 Å². The summed E-state index contributed by atoms with van der Waals surface area (Å²) >= 11 is 0. The minimum absolute atomic E-state index is 0.203. The van der Waals surface area contributed by atoms with Crippen LogP contribution < -0.4 is 0 Å². The minimum Gasteiger partial charge on any atom is -0.256 e. The second kappa shape index (κ2) is 15.1. The van der Waals surface area contributed by atoms with E-state index in [4.69, 9.17) is 9.97 Å². The molecule has 6 aliphatic rings. The van der Waals surface area contributed by atoms with Crippen LogP contribution in [-0.2, 0) is 5.41 Å². The molecule has 0 radical (unpaired) electrons. The summed E-state index contributed by atoms with van der Waals surface area (Å²) in [5.41, 5.74) is 21.1. The van der Waals surface area contributed by atoms with E-state index in [0.29, 0.717) is 5.92 Å². The van der Waals surface area contributed by atoms with Crippen LogP contribution >= 0.6 is 0 Å². The number of hydrogen-bond donors (Lipinski definition) is 0. The highest BCUT2D eigenvalue weighted by molar-refractivity contribution is 5.82. The van der Waals surface area contributed by atoms with Crippen molar-refractivity contribution in [1.29, 1.82) is 0 Å². The lowest BCUT2D eigenvalue weighted by atomic mass is 9.60. The summed E-state index contributed by atoms with van der Waals surface area (Å²) in [4.78, 5) is 10.4. The highest BCUT2D eigenvalue weighted by Crippen LogP contribution is 2.55. The first-order valence-electron chi connectivity index (χ1n) is 22.8. The normalized spacial score (nSPS) is 21.8. The largest absolute Gasteiger partial charge is 0.256 e. The maximum Gasteiger partial charge on any atom is 0.0702 e. The van der Waals surface area contributed by atoms with Crippen LogP contribution in [0.5, 0.6) is 0 Å². The summed E-state index contributed by atoms with van der Waals surface area (Å²) < 4.78 is 0. The van der Waals surface area contributed by atoms with E-state index >= 15 is 0 Å². The van der Waals surface area contributed by atoms with Crippen molar-refractivity contribution in [3.05, 3.63) is 154 Å². The average Bonchev–Trinajstić information content (AvgIpc) is 3.27. The van der Waals surface area contributed by atoms with E-state index in [9.17, 15) is 0 Å². The first kappa shape index (κ1) is 37.5. The first-order valence-corrected chi connectivity index (χ1v) is 22.8. The van der Waals surface area contributed by atoms with E-state index in [1.54, 1.807) is 22.3 Å². The van der Waals surface area contributed by atoms with Crippen LogP contribution in [0.15, 0.2) is 109 Å². The van der Waals surface area contributed by atoms with Crippen LogP contribution in [0.1, 0.15) is 160 Å². The molecule has 0 aliphatic heterocycles. The number of pyridine rings is 2. The van der Waals surface area contributed by atoms with Gasteiger partial charge in [0.25, 0.3) is 0 Å². The predicted octanol–water partition coefficient (Wildman–Crippen LogP) is 15.4. The number of fused-ring (bicyclic) bond motifs is 4. The molecule has 4 aromatic carbocycles. The summed E-state index contributed by atoms with van der Waals surface area (Å²) in [6.07, 6.45) is 18.4. The lowest BCUT2D eigenvalue weighted by Gasteiger charge is -2.44. The molecule has 0 saturated heterocycles. The van der Waals surface area contributed by atoms with Crippen LogP contribution in [0.3, 0.4) is 0 Å². The Balaban J connectivity index is 1.05. The molecule has 6 aliphatic carbocycles. The second-order valence-corrected chi connectivity index (χ2v) is 18.7. The molecule has 4 bridgehead atoms. The number of aromatic nitrogens is 2. The van der Waals surface area contributed by atoms with Gasteiger partial charge in [0.2, 0.25) is 0 Å². The van der Waals surface area contributed by atoms with Gasteiger partial charge in [-0.1, -0.05) is 118 Å². The molecule has 0 spiro atoms. The number of benzene rings is 4. The molecule has 12 rings (SSSR count). The molecule has 2 saturated carbocycles. The zero-order valence-corrected chi connectivity index (χ0v) is 35.5. The molecule has 2 nitrogen and oxygen atoms in total. The minimum atomic E-state index is -0.203. The van der Waals surface area contributed by atoms with Crippen molar-refractivity contribution < 1.29 is 0 Å². The van der Waals surface area contributed by atoms with Crippen LogP contribution in [0, 0.1) is 19.8 Å². The van der Waals surface area contributed by atoms with E-state index in [2.05, 4.69) is 144 Å². The first-order chi connectivity index (χ1) is 28.4. The highest BCUT2D eigenvalue weighted by atomic mass is 14.7. The molecule has 3 unspecified atom stereocenters. The Kier molecular flexibility index (Phi) is 9.74. The van der Waals surface area contributed by atoms with Gasteiger partial charge in [-0.3, -0.25) is 9.97 Å². The van der Waals surface area contributed by atoms with Crippen molar-refractivity contribution in [3.8, 4) is 44.8 Å². The third kappa shape index (κ3) is 6.29. The summed E-state index contributed by atoms with van der Waals surface area (Å²) in [6.45, 7) is 11.6. The smallest absolute Gasteiger partial charge is 0.0702 e. The summed E-state index contributed by atoms with van der Waals surface area (Å²) in [5, 5.41) is 0. The maximum absolute atomic E-state index is 5.24. The fraction of sp³-hybridized carbons (Fsp3) is 0.393. The van der Waals surface area contributed by atoms with E-state index in [-0.39, 0.29) is 5.41 Å². The van der Waals surface area contributed by atoms with Crippen molar-refractivity contribution in [1.82, 2.24) is 9.97 Å². The summed E-state index contributed by atoms with van der Waals surface area (Å²) in [6, 6.07) is 37.8. The summed E-state index contributed by atoms with van der Waals surface area (Å²) in [5.74, 6) is 3.80. The molecule has 2 aromatic heterocycles. The number of nitrogens with zero attached hydrogens (tertiary/aromatic N) is 2. The van der Waals surface area contributed by atoms with Gasteiger partial charge in [0.1, 0.15) is 0 Å². The molecule has 58 heavy (non-hydrogen) atoms. The van der Waals surface area contributed by atoms with E-state index < -0.39 is 0 Å². The molecular formula is C56H60N2. The topological polar surface area (TPSA) is 25.8 Å². The third-order valence-electron chi connectivity index (χ3n) is 15.5. The summed E-state index contributed by atoms with van der Waals surface area (Å²) in [7, 11) is 0. The molecule has 2 fully saturated rings. The predicted molar refractivity (Wildman–Crippen MR) is 243 cm³/mol. The second-order valence-electron chi connectivity index (χ2n) is 18.7. The molecule has 3 atom stereocenters. The lowest BCUT2D eigenvalue weighted by molar-refractivity contribution is 0.235.